The largest absolute Gasteiger partial charge is 0.497 e. The Hall–Kier alpha value is -3.03. The molecule has 0 spiro atoms. The van der Waals surface area contributed by atoms with Crippen molar-refractivity contribution >= 4 is 5.91 Å². The lowest BCUT2D eigenvalue weighted by atomic mass is 10.1. The maximum absolute atomic E-state index is 12.1. The molecule has 0 fully saturated rings. The van der Waals surface area contributed by atoms with E-state index >= 15 is 0 Å². The molecule has 8 nitrogen and oxygen atoms in total. The fourth-order valence-electron chi connectivity index (χ4n) is 2.28. The summed E-state index contributed by atoms with van der Waals surface area (Å²) in [5, 5.41) is 2.72. The summed E-state index contributed by atoms with van der Waals surface area (Å²) in [6.45, 7) is 1.80. The van der Waals surface area contributed by atoms with Crippen molar-refractivity contribution in [2.75, 3.05) is 14.2 Å². The SMILES string of the molecule is COc1ccc(OC)c(CNC(=O)Cc2c(C)[nH]c(=O)[nH]c2=O)c1. The number of aryl methyl sites for hydroxylation is 1. The molecule has 0 aliphatic rings. The fourth-order valence-corrected chi connectivity index (χ4v) is 2.28. The Bertz CT molecular complexity index is 854. The van der Waals surface area contributed by atoms with Gasteiger partial charge in [-0.2, -0.15) is 0 Å². The van der Waals surface area contributed by atoms with Crippen LogP contribution in [0.3, 0.4) is 0 Å². The van der Waals surface area contributed by atoms with Crippen molar-refractivity contribution in [3.63, 3.8) is 0 Å². The molecule has 0 saturated heterocycles. The van der Waals surface area contributed by atoms with Crippen LogP contribution in [0.5, 0.6) is 11.5 Å². The van der Waals surface area contributed by atoms with E-state index in [0.29, 0.717) is 17.2 Å². The van der Waals surface area contributed by atoms with Gasteiger partial charge >= 0.3 is 5.69 Å². The van der Waals surface area contributed by atoms with Gasteiger partial charge in [-0.25, -0.2) is 4.79 Å². The first kappa shape index (κ1) is 17.3. The van der Waals surface area contributed by atoms with Crippen molar-refractivity contribution in [2.24, 2.45) is 0 Å². The van der Waals surface area contributed by atoms with Gasteiger partial charge in [0.15, 0.2) is 0 Å². The highest BCUT2D eigenvalue weighted by atomic mass is 16.5. The molecule has 24 heavy (non-hydrogen) atoms. The number of carbonyl (C=O) groups is 1. The molecule has 128 valence electrons. The Morgan fingerprint density at radius 2 is 1.92 bits per heavy atom. The molecule has 2 aromatic rings. The minimum Gasteiger partial charge on any atom is -0.497 e. The highest BCUT2D eigenvalue weighted by molar-refractivity contribution is 5.78. The van der Waals surface area contributed by atoms with E-state index in [0.717, 1.165) is 5.56 Å². The number of aromatic nitrogens is 2. The third-order valence-corrected chi connectivity index (χ3v) is 3.56. The van der Waals surface area contributed by atoms with Gasteiger partial charge in [-0.1, -0.05) is 0 Å². The maximum Gasteiger partial charge on any atom is 0.325 e. The van der Waals surface area contributed by atoms with Gasteiger partial charge in [0.05, 0.1) is 20.6 Å². The Morgan fingerprint density at radius 3 is 2.54 bits per heavy atom. The molecule has 0 aliphatic carbocycles. The maximum atomic E-state index is 12.1. The first-order chi connectivity index (χ1) is 11.4. The molecular weight excluding hydrogens is 314 g/mol. The Morgan fingerprint density at radius 1 is 1.17 bits per heavy atom. The number of hydrogen-bond acceptors (Lipinski definition) is 5. The van der Waals surface area contributed by atoms with Crippen LogP contribution in [0, 0.1) is 6.92 Å². The molecule has 0 saturated carbocycles. The van der Waals surface area contributed by atoms with E-state index < -0.39 is 11.2 Å². The van der Waals surface area contributed by atoms with Gasteiger partial charge in [-0.3, -0.25) is 14.6 Å². The third kappa shape index (κ3) is 4.03. The van der Waals surface area contributed by atoms with Gasteiger partial charge in [-0.05, 0) is 25.1 Å². The van der Waals surface area contributed by atoms with Crippen molar-refractivity contribution in [3.8, 4) is 11.5 Å². The van der Waals surface area contributed by atoms with Crippen LogP contribution in [0.4, 0.5) is 0 Å². The number of carbonyl (C=O) groups excluding carboxylic acids is 1. The predicted molar refractivity (Wildman–Crippen MR) is 87.5 cm³/mol. The summed E-state index contributed by atoms with van der Waals surface area (Å²) >= 11 is 0. The quantitative estimate of drug-likeness (QED) is 0.701. The number of benzene rings is 1. The Kier molecular flexibility index (Phi) is 5.41. The Labute approximate surface area is 137 Å². The second kappa shape index (κ2) is 7.49. The number of ether oxygens (including phenoxy) is 2. The molecule has 8 heteroatoms. The van der Waals surface area contributed by atoms with Gasteiger partial charge < -0.3 is 19.8 Å². The molecule has 1 aromatic heterocycles. The zero-order valence-corrected chi connectivity index (χ0v) is 13.7. The van der Waals surface area contributed by atoms with Crippen LogP contribution < -0.4 is 26.0 Å². The highest BCUT2D eigenvalue weighted by Crippen LogP contribution is 2.23. The molecular formula is C16H19N3O5. The average molecular weight is 333 g/mol. The number of nitrogens with one attached hydrogen (secondary N) is 3. The van der Waals surface area contributed by atoms with Gasteiger partial charge in [-0.15, -0.1) is 0 Å². The van der Waals surface area contributed by atoms with E-state index in [9.17, 15) is 14.4 Å². The average Bonchev–Trinajstić information content (AvgIpc) is 2.55. The normalized spacial score (nSPS) is 10.3. The zero-order chi connectivity index (χ0) is 17.7. The molecule has 0 unspecified atom stereocenters. The van der Waals surface area contributed by atoms with E-state index in [4.69, 9.17) is 9.47 Å². The molecule has 1 heterocycles. The number of amides is 1. The predicted octanol–water partition coefficient (Wildman–Crippen LogP) is 0.248. The van der Waals surface area contributed by atoms with Crippen molar-refractivity contribution in [1.29, 1.82) is 0 Å². The first-order valence-corrected chi connectivity index (χ1v) is 7.24. The standard InChI is InChI=1S/C16H19N3O5/c1-9-12(15(21)19-16(22)18-9)7-14(20)17-8-10-6-11(23-2)4-5-13(10)24-3/h4-6H,7-8H2,1-3H3,(H,17,20)(H2,18,19,21,22). The summed E-state index contributed by atoms with van der Waals surface area (Å²) in [5.41, 5.74) is 0.188. The molecule has 0 bridgehead atoms. The van der Waals surface area contributed by atoms with E-state index in [1.165, 1.54) is 7.11 Å². The van der Waals surface area contributed by atoms with Gasteiger partial charge in [0.25, 0.3) is 5.56 Å². The van der Waals surface area contributed by atoms with Crippen molar-refractivity contribution in [3.05, 3.63) is 55.9 Å². The smallest absolute Gasteiger partial charge is 0.325 e. The minimum absolute atomic E-state index is 0.135. The molecule has 0 aliphatic heterocycles. The molecule has 0 radical (unpaired) electrons. The lowest BCUT2D eigenvalue weighted by molar-refractivity contribution is -0.120. The molecule has 1 amide bonds. The van der Waals surface area contributed by atoms with E-state index in [1.807, 2.05) is 0 Å². The van der Waals surface area contributed by atoms with E-state index in [2.05, 4.69) is 15.3 Å². The number of methoxy groups -OCH3 is 2. The number of hydrogen-bond donors (Lipinski definition) is 3. The van der Waals surface area contributed by atoms with Gasteiger partial charge in [0.1, 0.15) is 11.5 Å². The van der Waals surface area contributed by atoms with Crippen molar-refractivity contribution < 1.29 is 14.3 Å². The number of aromatic amines is 2. The van der Waals surface area contributed by atoms with Gasteiger partial charge in [0.2, 0.25) is 5.91 Å². The number of rotatable bonds is 6. The van der Waals surface area contributed by atoms with Crippen molar-refractivity contribution in [1.82, 2.24) is 15.3 Å². The van der Waals surface area contributed by atoms with Crippen LogP contribution in [0.15, 0.2) is 27.8 Å². The number of H-pyrrole nitrogens is 2. The van der Waals surface area contributed by atoms with Crippen LogP contribution >= 0.6 is 0 Å². The monoisotopic (exact) mass is 333 g/mol. The van der Waals surface area contributed by atoms with E-state index in [-0.39, 0.29) is 24.4 Å². The summed E-state index contributed by atoms with van der Waals surface area (Å²) in [4.78, 5) is 39.6. The lowest BCUT2D eigenvalue weighted by Gasteiger charge is -2.11. The van der Waals surface area contributed by atoms with Gasteiger partial charge in [0, 0.05) is 23.4 Å². The van der Waals surface area contributed by atoms with Crippen molar-refractivity contribution in [2.45, 2.75) is 19.9 Å². The summed E-state index contributed by atoms with van der Waals surface area (Å²) < 4.78 is 10.4. The lowest BCUT2D eigenvalue weighted by Crippen LogP contribution is -2.32. The second-order valence-corrected chi connectivity index (χ2v) is 5.14. The van der Waals surface area contributed by atoms with Crippen LogP contribution in [-0.2, 0) is 17.8 Å². The third-order valence-electron chi connectivity index (χ3n) is 3.56. The van der Waals surface area contributed by atoms with Crippen LogP contribution in [0.25, 0.3) is 0 Å². The highest BCUT2D eigenvalue weighted by Gasteiger charge is 2.12. The summed E-state index contributed by atoms with van der Waals surface area (Å²) in [6, 6.07) is 5.27. The summed E-state index contributed by atoms with van der Waals surface area (Å²) in [6.07, 6.45) is -0.135. The second-order valence-electron chi connectivity index (χ2n) is 5.14. The van der Waals surface area contributed by atoms with E-state index in [1.54, 1.807) is 32.2 Å². The zero-order valence-electron chi connectivity index (χ0n) is 13.7. The minimum atomic E-state index is -0.595. The fraction of sp³-hybridized carbons (Fsp3) is 0.312. The topological polar surface area (TPSA) is 113 Å². The molecule has 1 aromatic carbocycles. The summed E-state index contributed by atoms with van der Waals surface area (Å²) in [7, 11) is 3.09. The molecule has 2 rings (SSSR count). The first-order valence-electron chi connectivity index (χ1n) is 7.24. The van der Waals surface area contributed by atoms with Crippen LogP contribution in [0.1, 0.15) is 16.8 Å². The molecule has 0 atom stereocenters. The summed E-state index contributed by atoms with van der Waals surface area (Å²) in [5.74, 6) is 0.919. The van der Waals surface area contributed by atoms with Crippen LogP contribution in [-0.4, -0.2) is 30.1 Å². The Balaban J connectivity index is 2.09. The van der Waals surface area contributed by atoms with Crippen LogP contribution in [0.2, 0.25) is 0 Å². The molecule has 3 N–H and O–H groups in total.